The summed E-state index contributed by atoms with van der Waals surface area (Å²) in [5.74, 6) is 1.50. The zero-order valence-corrected chi connectivity index (χ0v) is 13.7. The van der Waals surface area contributed by atoms with E-state index in [1.807, 2.05) is 42.5 Å². The number of halogens is 1. The van der Waals surface area contributed by atoms with Crippen LogP contribution >= 0.6 is 15.9 Å². The van der Waals surface area contributed by atoms with Crippen LogP contribution in [-0.4, -0.2) is 20.8 Å². The molecule has 2 aromatic carbocycles. The highest BCUT2D eigenvalue weighted by Gasteiger charge is 2.12. The maximum absolute atomic E-state index is 5.92. The van der Waals surface area contributed by atoms with Crippen LogP contribution in [0.15, 0.2) is 46.9 Å². The van der Waals surface area contributed by atoms with Gasteiger partial charge in [0, 0.05) is 22.8 Å². The Balaban J connectivity index is 2.28. The minimum absolute atomic E-state index is 0.0247. The fourth-order valence-electron chi connectivity index (χ4n) is 2.09. The molecule has 0 saturated heterocycles. The minimum atomic E-state index is -0.0247. The van der Waals surface area contributed by atoms with Crippen LogP contribution in [0.2, 0.25) is 0 Å². The monoisotopic (exact) mass is 350 g/mol. The highest BCUT2D eigenvalue weighted by molar-refractivity contribution is 9.10. The third-order valence-electron chi connectivity index (χ3n) is 3.18. The van der Waals surface area contributed by atoms with Crippen LogP contribution in [0.4, 0.5) is 5.69 Å². The number of nitrogens with two attached hydrogens (primary N) is 1. The molecule has 0 bridgehead atoms. The second-order valence-electron chi connectivity index (χ2n) is 4.59. The Morgan fingerprint density at radius 3 is 2.29 bits per heavy atom. The van der Waals surface area contributed by atoms with Gasteiger partial charge in [0.1, 0.15) is 11.5 Å². The van der Waals surface area contributed by atoms with Crippen LogP contribution < -0.4 is 20.5 Å². The number of hydrogen-bond acceptors (Lipinski definition) is 4. The van der Waals surface area contributed by atoms with Crippen LogP contribution in [-0.2, 0) is 0 Å². The summed E-state index contributed by atoms with van der Waals surface area (Å²) in [4.78, 5) is 0. The Kier molecular flexibility index (Phi) is 5.47. The first-order valence-electron chi connectivity index (χ1n) is 6.61. The number of anilines is 1. The Hall–Kier alpha value is -1.72. The van der Waals surface area contributed by atoms with Gasteiger partial charge < -0.3 is 20.5 Å². The standard InChI is InChI=1S/C16H19BrN2O2/c1-20-14-6-11(7-15(9-14)21-2)16(10-18)19-13-5-3-4-12(17)8-13/h3-9,16,19H,10,18H2,1-2H3. The van der Waals surface area contributed by atoms with Crippen molar-refractivity contribution in [2.24, 2.45) is 5.73 Å². The summed E-state index contributed by atoms with van der Waals surface area (Å²) in [5.41, 5.74) is 7.94. The van der Waals surface area contributed by atoms with Crippen molar-refractivity contribution in [1.29, 1.82) is 0 Å². The first kappa shape index (κ1) is 15.7. The summed E-state index contributed by atoms with van der Waals surface area (Å²) in [6.07, 6.45) is 0. The first-order valence-corrected chi connectivity index (χ1v) is 7.40. The topological polar surface area (TPSA) is 56.5 Å². The van der Waals surface area contributed by atoms with Crippen LogP contribution in [0.5, 0.6) is 11.5 Å². The molecular formula is C16H19BrN2O2. The molecule has 0 amide bonds. The molecule has 21 heavy (non-hydrogen) atoms. The summed E-state index contributed by atoms with van der Waals surface area (Å²) in [6, 6.07) is 13.7. The van der Waals surface area contributed by atoms with Crippen molar-refractivity contribution in [3.63, 3.8) is 0 Å². The minimum Gasteiger partial charge on any atom is -0.497 e. The fraction of sp³-hybridized carbons (Fsp3) is 0.250. The molecule has 5 heteroatoms. The fourth-order valence-corrected chi connectivity index (χ4v) is 2.49. The summed E-state index contributed by atoms with van der Waals surface area (Å²) in [7, 11) is 3.27. The molecule has 0 radical (unpaired) electrons. The van der Waals surface area contributed by atoms with Gasteiger partial charge >= 0.3 is 0 Å². The van der Waals surface area contributed by atoms with Crippen molar-refractivity contribution < 1.29 is 9.47 Å². The quantitative estimate of drug-likeness (QED) is 0.835. The van der Waals surface area contributed by atoms with Crippen molar-refractivity contribution >= 4 is 21.6 Å². The van der Waals surface area contributed by atoms with Crippen molar-refractivity contribution in [2.75, 3.05) is 26.1 Å². The third kappa shape index (κ3) is 4.12. The van der Waals surface area contributed by atoms with E-state index in [0.717, 1.165) is 27.2 Å². The smallest absolute Gasteiger partial charge is 0.122 e. The largest absolute Gasteiger partial charge is 0.497 e. The second kappa shape index (κ2) is 7.33. The van der Waals surface area contributed by atoms with Gasteiger partial charge in [-0.15, -0.1) is 0 Å². The van der Waals surface area contributed by atoms with E-state index in [0.29, 0.717) is 6.54 Å². The van der Waals surface area contributed by atoms with Gasteiger partial charge in [-0.2, -0.15) is 0 Å². The summed E-state index contributed by atoms with van der Waals surface area (Å²) < 4.78 is 11.6. The van der Waals surface area contributed by atoms with E-state index >= 15 is 0 Å². The third-order valence-corrected chi connectivity index (χ3v) is 3.67. The van der Waals surface area contributed by atoms with Crippen LogP contribution in [0.1, 0.15) is 11.6 Å². The molecule has 0 heterocycles. The van der Waals surface area contributed by atoms with Gasteiger partial charge in [-0.1, -0.05) is 22.0 Å². The van der Waals surface area contributed by atoms with Crippen molar-refractivity contribution in [1.82, 2.24) is 0 Å². The molecule has 1 atom stereocenters. The Labute approximate surface area is 133 Å². The number of methoxy groups -OCH3 is 2. The molecule has 0 spiro atoms. The predicted molar refractivity (Wildman–Crippen MR) is 89.1 cm³/mol. The average molecular weight is 351 g/mol. The van der Waals surface area contributed by atoms with Crippen molar-refractivity contribution in [3.8, 4) is 11.5 Å². The highest BCUT2D eigenvalue weighted by atomic mass is 79.9. The molecule has 4 nitrogen and oxygen atoms in total. The maximum atomic E-state index is 5.92. The average Bonchev–Trinajstić information content (AvgIpc) is 2.52. The summed E-state index contributed by atoms with van der Waals surface area (Å²) in [6.45, 7) is 0.461. The summed E-state index contributed by atoms with van der Waals surface area (Å²) >= 11 is 3.46. The van der Waals surface area contributed by atoms with Crippen LogP contribution in [0.25, 0.3) is 0 Å². The van der Waals surface area contributed by atoms with E-state index in [-0.39, 0.29) is 6.04 Å². The molecule has 0 fully saturated rings. The van der Waals surface area contributed by atoms with E-state index < -0.39 is 0 Å². The van der Waals surface area contributed by atoms with Gasteiger partial charge in [-0.05, 0) is 35.9 Å². The molecule has 1 unspecified atom stereocenters. The number of benzene rings is 2. The Morgan fingerprint density at radius 2 is 1.76 bits per heavy atom. The molecular weight excluding hydrogens is 332 g/mol. The zero-order valence-electron chi connectivity index (χ0n) is 12.1. The van der Waals surface area contributed by atoms with Gasteiger partial charge in [0.15, 0.2) is 0 Å². The lowest BCUT2D eigenvalue weighted by Gasteiger charge is -2.20. The molecule has 112 valence electrons. The van der Waals surface area contributed by atoms with E-state index in [1.54, 1.807) is 14.2 Å². The number of ether oxygens (including phenoxy) is 2. The predicted octanol–water partition coefficient (Wildman–Crippen LogP) is 3.58. The van der Waals surface area contributed by atoms with Crippen LogP contribution in [0, 0.1) is 0 Å². The highest BCUT2D eigenvalue weighted by Crippen LogP contribution is 2.28. The molecule has 0 aliphatic rings. The zero-order chi connectivity index (χ0) is 15.2. The first-order chi connectivity index (χ1) is 10.2. The van der Waals surface area contributed by atoms with Crippen molar-refractivity contribution in [2.45, 2.75) is 6.04 Å². The lowest BCUT2D eigenvalue weighted by Crippen LogP contribution is -2.20. The van der Waals surface area contributed by atoms with Gasteiger partial charge in [-0.3, -0.25) is 0 Å². The SMILES string of the molecule is COc1cc(OC)cc(C(CN)Nc2cccc(Br)c2)c1. The van der Waals surface area contributed by atoms with E-state index in [1.165, 1.54) is 0 Å². The molecule has 0 aromatic heterocycles. The van der Waals surface area contributed by atoms with Gasteiger partial charge in [0.2, 0.25) is 0 Å². The molecule has 0 aliphatic carbocycles. The van der Waals surface area contributed by atoms with E-state index in [9.17, 15) is 0 Å². The number of hydrogen-bond donors (Lipinski definition) is 2. The van der Waals surface area contributed by atoms with Gasteiger partial charge in [-0.25, -0.2) is 0 Å². The molecule has 0 aliphatic heterocycles. The molecule has 0 saturated carbocycles. The van der Waals surface area contributed by atoms with Gasteiger partial charge in [0.25, 0.3) is 0 Å². The lowest BCUT2D eigenvalue weighted by molar-refractivity contribution is 0.393. The van der Waals surface area contributed by atoms with E-state index in [4.69, 9.17) is 15.2 Å². The molecule has 3 N–H and O–H groups in total. The second-order valence-corrected chi connectivity index (χ2v) is 5.50. The molecule has 2 aromatic rings. The Bertz CT molecular complexity index is 582. The summed E-state index contributed by atoms with van der Waals surface area (Å²) in [5, 5.41) is 3.42. The van der Waals surface area contributed by atoms with E-state index in [2.05, 4.69) is 21.2 Å². The maximum Gasteiger partial charge on any atom is 0.122 e. The van der Waals surface area contributed by atoms with Gasteiger partial charge in [0.05, 0.1) is 20.3 Å². The van der Waals surface area contributed by atoms with Crippen LogP contribution in [0.3, 0.4) is 0 Å². The normalized spacial score (nSPS) is 11.8. The lowest BCUT2D eigenvalue weighted by atomic mass is 10.1. The van der Waals surface area contributed by atoms with Crippen molar-refractivity contribution in [3.05, 3.63) is 52.5 Å². The molecule has 2 rings (SSSR count). The Morgan fingerprint density at radius 1 is 1.10 bits per heavy atom. The number of rotatable bonds is 6. The number of nitrogens with one attached hydrogen (secondary N) is 1.